The van der Waals surface area contributed by atoms with Gasteiger partial charge in [-0.05, 0) is 38.9 Å². The zero-order valence-electron chi connectivity index (χ0n) is 8.91. The summed E-state index contributed by atoms with van der Waals surface area (Å²) in [4.78, 5) is 10.1. The number of rotatable bonds is 9. The summed E-state index contributed by atoms with van der Waals surface area (Å²) in [6, 6.07) is 0. The van der Waals surface area contributed by atoms with Crippen molar-refractivity contribution in [2.75, 3.05) is 19.6 Å². The zero-order chi connectivity index (χ0) is 9.94. The van der Waals surface area contributed by atoms with Crippen LogP contribution in [0.25, 0.3) is 0 Å². The Balaban J connectivity index is -0.000000720. The fourth-order valence-electron chi connectivity index (χ4n) is 1.06. The van der Waals surface area contributed by atoms with Gasteiger partial charge in [0.15, 0.2) is 0 Å². The van der Waals surface area contributed by atoms with Gasteiger partial charge in [-0.25, -0.2) is 0 Å². The van der Waals surface area contributed by atoms with E-state index in [4.69, 9.17) is 10.8 Å². The zero-order valence-corrected chi connectivity index (χ0v) is 10.5. The molecule has 0 saturated heterocycles. The van der Waals surface area contributed by atoms with Gasteiger partial charge in [-0.15, -0.1) is 24.8 Å². The Labute approximate surface area is 104 Å². The van der Waals surface area contributed by atoms with E-state index < -0.39 is 5.97 Å². The van der Waals surface area contributed by atoms with Crippen molar-refractivity contribution in [1.29, 1.82) is 0 Å². The van der Waals surface area contributed by atoms with Crippen molar-refractivity contribution in [3.05, 3.63) is 0 Å². The summed E-state index contributed by atoms with van der Waals surface area (Å²) in [5, 5.41) is 11.6. The molecule has 0 heterocycles. The van der Waals surface area contributed by atoms with Crippen LogP contribution in [-0.4, -0.2) is 30.7 Å². The first-order chi connectivity index (χ1) is 6.27. The van der Waals surface area contributed by atoms with Crippen molar-refractivity contribution < 1.29 is 9.90 Å². The number of nitrogens with two attached hydrogens (primary N) is 1. The standard InChI is InChI=1S/C9H20N2O2.2ClH/c10-6-4-8-11-7-3-1-2-5-9(12)13;;/h11H,1-8,10H2,(H,12,13);2*1H. The van der Waals surface area contributed by atoms with Crippen LogP contribution in [0, 0.1) is 0 Å². The average Bonchev–Trinajstić information content (AvgIpc) is 2.09. The summed E-state index contributed by atoms with van der Waals surface area (Å²) in [5.74, 6) is -0.698. The number of hydrogen-bond acceptors (Lipinski definition) is 3. The molecule has 0 saturated carbocycles. The fraction of sp³-hybridized carbons (Fsp3) is 0.889. The van der Waals surface area contributed by atoms with Gasteiger partial charge in [0.05, 0.1) is 0 Å². The van der Waals surface area contributed by atoms with Gasteiger partial charge >= 0.3 is 5.97 Å². The molecule has 0 bridgehead atoms. The minimum atomic E-state index is -0.698. The maximum Gasteiger partial charge on any atom is 0.303 e. The molecule has 0 spiro atoms. The highest BCUT2D eigenvalue weighted by Gasteiger charge is 1.95. The molecule has 0 aromatic carbocycles. The molecule has 4 nitrogen and oxygen atoms in total. The largest absolute Gasteiger partial charge is 0.481 e. The molecule has 0 aliphatic carbocycles. The van der Waals surface area contributed by atoms with Gasteiger partial charge in [0.2, 0.25) is 0 Å². The molecule has 4 N–H and O–H groups in total. The molecule has 0 fully saturated rings. The molecule has 94 valence electrons. The van der Waals surface area contributed by atoms with Gasteiger partial charge in [-0.1, -0.05) is 6.42 Å². The number of unbranched alkanes of at least 4 members (excludes halogenated alkanes) is 2. The molecule has 0 amide bonds. The first kappa shape index (κ1) is 20.4. The van der Waals surface area contributed by atoms with E-state index in [0.717, 1.165) is 45.3 Å². The van der Waals surface area contributed by atoms with Crippen LogP contribution in [0.15, 0.2) is 0 Å². The topological polar surface area (TPSA) is 75.3 Å². The van der Waals surface area contributed by atoms with E-state index in [0.29, 0.717) is 6.42 Å². The Kier molecular flexibility index (Phi) is 22.3. The highest BCUT2D eigenvalue weighted by Crippen LogP contribution is 1.98. The van der Waals surface area contributed by atoms with Crippen LogP contribution in [0.5, 0.6) is 0 Å². The monoisotopic (exact) mass is 260 g/mol. The number of aliphatic carboxylic acids is 1. The smallest absolute Gasteiger partial charge is 0.303 e. The highest BCUT2D eigenvalue weighted by atomic mass is 35.5. The summed E-state index contributed by atoms with van der Waals surface area (Å²) in [6.07, 6.45) is 4.13. The lowest BCUT2D eigenvalue weighted by Crippen LogP contribution is -2.19. The SMILES string of the molecule is Cl.Cl.NCCCNCCCCCC(=O)O. The first-order valence-electron chi connectivity index (χ1n) is 4.90. The molecule has 0 atom stereocenters. The van der Waals surface area contributed by atoms with E-state index >= 15 is 0 Å². The molecule has 0 aliphatic heterocycles. The maximum atomic E-state index is 10.1. The number of carbonyl (C=O) groups is 1. The van der Waals surface area contributed by atoms with Crippen LogP contribution in [0.2, 0.25) is 0 Å². The molecule has 0 unspecified atom stereocenters. The van der Waals surface area contributed by atoms with E-state index in [-0.39, 0.29) is 24.8 Å². The number of halogens is 2. The van der Waals surface area contributed by atoms with Gasteiger partial charge in [-0.3, -0.25) is 4.79 Å². The van der Waals surface area contributed by atoms with Gasteiger partial charge in [0.1, 0.15) is 0 Å². The molecular formula is C9H22Cl2N2O2. The van der Waals surface area contributed by atoms with Crippen molar-refractivity contribution in [1.82, 2.24) is 5.32 Å². The Morgan fingerprint density at radius 1 is 1.07 bits per heavy atom. The number of carboxylic acids is 1. The Morgan fingerprint density at radius 2 is 1.67 bits per heavy atom. The molecule has 6 heteroatoms. The quantitative estimate of drug-likeness (QED) is 0.548. The molecule has 0 aromatic rings. The lowest BCUT2D eigenvalue weighted by Gasteiger charge is -2.02. The summed E-state index contributed by atoms with van der Waals surface area (Å²) < 4.78 is 0. The third kappa shape index (κ3) is 20.1. The van der Waals surface area contributed by atoms with Crippen molar-refractivity contribution in [2.24, 2.45) is 5.73 Å². The molecule has 0 rings (SSSR count). The van der Waals surface area contributed by atoms with E-state index in [1.165, 1.54) is 0 Å². The number of hydrogen-bond donors (Lipinski definition) is 3. The van der Waals surface area contributed by atoms with Gasteiger partial charge in [0.25, 0.3) is 0 Å². The predicted octanol–water partition coefficient (Wildman–Crippen LogP) is 1.41. The molecule has 0 aliphatic rings. The second kappa shape index (κ2) is 16.4. The minimum Gasteiger partial charge on any atom is -0.481 e. The van der Waals surface area contributed by atoms with Crippen molar-refractivity contribution >= 4 is 30.8 Å². The molecular weight excluding hydrogens is 239 g/mol. The second-order valence-electron chi connectivity index (χ2n) is 3.10. The van der Waals surface area contributed by atoms with E-state index in [1.54, 1.807) is 0 Å². The van der Waals surface area contributed by atoms with Crippen molar-refractivity contribution in [2.45, 2.75) is 32.1 Å². The lowest BCUT2D eigenvalue weighted by molar-refractivity contribution is -0.137. The highest BCUT2D eigenvalue weighted by molar-refractivity contribution is 5.85. The van der Waals surface area contributed by atoms with Crippen LogP contribution in [0.3, 0.4) is 0 Å². The average molecular weight is 261 g/mol. The van der Waals surface area contributed by atoms with E-state index in [9.17, 15) is 4.79 Å². The van der Waals surface area contributed by atoms with Crippen molar-refractivity contribution in [3.8, 4) is 0 Å². The van der Waals surface area contributed by atoms with E-state index in [1.807, 2.05) is 0 Å². The number of nitrogens with one attached hydrogen (secondary N) is 1. The summed E-state index contributed by atoms with van der Waals surface area (Å²) in [7, 11) is 0. The second-order valence-corrected chi connectivity index (χ2v) is 3.10. The normalized spacial score (nSPS) is 8.87. The molecule has 0 radical (unpaired) electrons. The maximum absolute atomic E-state index is 10.1. The van der Waals surface area contributed by atoms with Crippen LogP contribution in [-0.2, 0) is 4.79 Å². The first-order valence-corrected chi connectivity index (χ1v) is 4.90. The Hall–Kier alpha value is -0.0300. The summed E-state index contributed by atoms with van der Waals surface area (Å²) in [6.45, 7) is 2.67. The third-order valence-electron chi connectivity index (χ3n) is 1.80. The lowest BCUT2D eigenvalue weighted by atomic mass is 10.2. The fourth-order valence-corrected chi connectivity index (χ4v) is 1.06. The van der Waals surface area contributed by atoms with Crippen molar-refractivity contribution in [3.63, 3.8) is 0 Å². The van der Waals surface area contributed by atoms with Gasteiger partial charge in [0, 0.05) is 6.42 Å². The molecule has 0 aromatic heterocycles. The van der Waals surface area contributed by atoms with Crippen LogP contribution in [0.4, 0.5) is 0 Å². The predicted molar refractivity (Wildman–Crippen MR) is 67.1 cm³/mol. The van der Waals surface area contributed by atoms with Crippen LogP contribution in [0.1, 0.15) is 32.1 Å². The summed E-state index contributed by atoms with van der Waals surface area (Å²) in [5.41, 5.74) is 5.32. The van der Waals surface area contributed by atoms with Gasteiger partial charge in [-0.2, -0.15) is 0 Å². The Morgan fingerprint density at radius 3 is 2.20 bits per heavy atom. The summed E-state index contributed by atoms with van der Waals surface area (Å²) >= 11 is 0. The molecule has 15 heavy (non-hydrogen) atoms. The minimum absolute atomic E-state index is 0. The third-order valence-corrected chi connectivity index (χ3v) is 1.80. The van der Waals surface area contributed by atoms with E-state index in [2.05, 4.69) is 5.32 Å². The number of carboxylic acid groups (broad SMARTS) is 1. The van der Waals surface area contributed by atoms with Crippen LogP contribution >= 0.6 is 24.8 Å². The van der Waals surface area contributed by atoms with Crippen LogP contribution < -0.4 is 11.1 Å². The Bertz CT molecular complexity index is 137. The van der Waals surface area contributed by atoms with Gasteiger partial charge < -0.3 is 16.2 Å².